The lowest BCUT2D eigenvalue weighted by Crippen LogP contribution is -2.10. The fraction of sp³-hybridized carbons (Fsp3) is 0.294. The average Bonchev–Trinajstić information content (AvgIpc) is 2.37. The van der Waals surface area contributed by atoms with Crippen LogP contribution in [-0.2, 0) is 12.0 Å². The quantitative estimate of drug-likeness (QED) is 0.838. The standard InChI is InChI=1S/C17H20ClN/c1-17(2,3)14-6-4-12(5-7-14)16-9-8-15(18)10-13(16)11-19/h4-10H,11,19H2,1-3H3. The first-order valence-corrected chi connectivity index (χ1v) is 6.89. The average molecular weight is 274 g/mol. The van der Waals surface area contributed by atoms with E-state index in [2.05, 4.69) is 45.0 Å². The zero-order valence-corrected chi connectivity index (χ0v) is 12.5. The molecule has 0 spiro atoms. The smallest absolute Gasteiger partial charge is 0.0409 e. The highest BCUT2D eigenvalue weighted by Crippen LogP contribution is 2.29. The molecule has 0 saturated carbocycles. The zero-order chi connectivity index (χ0) is 14.0. The second-order valence-electron chi connectivity index (χ2n) is 5.83. The van der Waals surface area contributed by atoms with Crippen molar-refractivity contribution in [2.24, 2.45) is 5.73 Å². The van der Waals surface area contributed by atoms with Crippen LogP contribution in [0.1, 0.15) is 31.9 Å². The third-order valence-electron chi connectivity index (χ3n) is 3.35. The van der Waals surface area contributed by atoms with Crippen molar-refractivity contribution in [3.8, 4) is 11.1 Å². The molecule has 2 N–H and O–H groups in total. The monoisotopic (exact) mass is 273 g/mol. The summed E-state index contributed by atoms with van der Waals surface area (Å²) >= 11 is 6.01. The van der Waals surface area contributed by atoms with Crippen LogP contribution < -0.4 is 5.73 Å². The largest absolute Gasteiger partial charge is 0.326 e. The molecule has 0 aliphatic heterocycles. The van der Waals surface area contributed by atoms with E-state index in [9.17, 15) is 0 Å². The van der Waals surface area contributed by atoms with E-state index < -0.39 is 0 Å². The Labute approximate surface area is 120 Å². The van der Waals surface area contributed by atoms with Gasteiger partial charge in [0.15, 0.2) is 0 Å². The van der Waals surface area contributed by atoms with Crippen LogP contribution in [0.2, 0.25) is 5.02 Å². The summed E-state index contributed by atoms with van der Waals surface area (Å²) in [7, 11) is 0. The highest BCUT2D eigenvalue weighted by atomic mass is 35.5. The zero-order valence-electron chi connectivity index (χ0n) is 11.7. The van der Waals surface area contributed by atoms with Gasteiger partial charge in [-0.05, 0) is 39.8 Å². The Hall–Kier alpha value is -1.31. The molecule has 2 aromatic rings. The van der Waals surface area contributed by atoms with E-state index >= 15 is 0 Å². The molecule has 0 unspecified atom stereocenters. The SMILES string of the molecule is CC(C)(C)c1ccc(-c2ccc(Cl)cc2CN)cc1. The maximum absolute atomic E-state index is 6.01. The van der Waals surface area contributed by atoms with Gasteiger partial charge in [-0.3, -0.25) is 0 Å². The number of hydrogen-bond donors (Lipinski definition) is 1. The molecular weight excluding hydrogens is 254 g/mol. The van der Waals surface area contributed by atoms with Gasteiger partial charge in [0.2, 0.25) is 0 Å². The van der Waals surface area contributed by atoms with Gasteiger partial charge in [-0.1, -0.05) is 62.7 Å². The van der Waals surface area contributed by atoms with Crippen LogP contribution in [0.3, 0.4) is 0 Å². The molecule has 0 aliphatic carbocycles. The lowest BCUT2D eigenvalue weighted by molar-refractivity contribution is 0.590. The Morgan fingerprint density at radius 1 is 1.00 bits per heavy atom. The summed E-state index contributed by atoms with van der Waals surface area (Å²) < 4.78 is 0. The van der Waals surface area contributed by atoms with Gasteiger partial charge >= 0.3 is 0 Å². The van der Waals surface area contributed by atoms with Crippen LogP contribution in [0.5, 0.6) is 0 Å². The molecule has 2 aromatic carbocycles. The molecule has 100 valence electrons. The molecule has 0 amide bonds. The second-order valence-corrected chi connectivity index (χ2v) is 6.27. The molecule has 0 aromatic heterocycles. The number of benzene rings is 2. The molecule has 0 fully saturated rings. The van der Waals surface area contributed by atoms with E-state index in [0.29, 0.717) is 6.54 Å². The second kappa shape index (κ2) is 5.36. The van der Waals surface area contributed by atoms with E-state index in [-0.39, 0.29) is 5.41 Å². The van der Waals surface area contributed by atoms with Crippen molar-refractivity contribution in [1.82, 2.24) is 0 Å². The number of halogens is 1. The van der Waals surface area contributed by atoms with Crippen molar-refractivity contribution < 1.29 is 0 Å². The molecule has 0 heterocycles. The van der Waals surface area contributed by atoms with Gasteiger partial charge in [0.25, 0.3) is 0 Å². The third-order valence-corrected chi connectivity index (χ3v) is 3.58. The summed E-state index contributed by atoms with van der Waals surface area (Å²) in [6.45, 7) is 7.15. The van der Waals surface area contributed by atoms with Gasteiger partial charge in [-0.15, -0.1) is 0 Å². The lowest BCUT2D eigenvalue weighted by atomic mass is 9.86. The molecule has 2 rings (SSSR count). The Kier molecular flexibility index (Phi) is 3.98. The van der Waals surface area contributed by atoms with Gasteiger partial charge in [0, 0.05) is 11.6 Å². The number of hydrogen-bond acceptors (Lipinski definition) is 1. The van der Waals surface area contributed by atoms with Crippen molar-refractivity contribution in [2.45, 2.75) is 32.7 Å². The molecule has 0 aliphatic rings. The Morgan fingerprint density at radius 2 is 1.63 bits per heavy atom. The van der Waals surface area contributed by atoms with E-state index in [1.807, 2.05) is 18.2 Å². The molecule has 2 heteroatoms. The number of rotatable bonds is 2. The molecule has 19 heavy (non-hydrogen) atoms. The maximum atomic E-state index is 6.01. The fourth-order valence-corrected chi connectivity index (χ4v) is 2.36. The van der Waals surface area contributed by atoms with Crippen molar-refractivity contribution in [1.29, 1.82) is 0 Å². The molecule has 1 nitrogen and oxygen atoms in total. The first kappa shape index (κ1) is 14.1. The highest BCUT2D eigenvalue weighted by Gasteiger charge is 2.13. The van der Waals surface area contributed by atoms with Gasteiger partial charge in [0.1, 0.15) is 0 Å². The Balaban J connectivity index is 2.43. The molecule has 0 radical (unpaired) electrons. The summed E-state index contributed by atoms with van der Waals surface area (Å²) in [6.07, 6.45) is 0. The summed E-state index contributed by atoms with van der Waals surface area (Å²) in [5, 5.41) is 0.732. The summed E-state index contributed by atoms with van der Waals surface area (Å²) in [5.41, 5.74) is 10.7. The van der Waals surface area contributed by atoms with Crippen LogP contribution >= 0.6 is 11.6 Å². The first-order valence-electron chi connectivity index (χ1n) is 6.51. The van der Waals surface area contributed by atoms with Crippen LogP contribution in [0.25, 0.3) is 11.1 Å². The minimum absolute atomic E-state index is 0.176. The van der Waals surface area contributed by atoms with Gasteiger partial charge in [0.05, 0.1) is 0 Å². The molecule has 0 bridgehead atoms. The van der Waals surface area contributed by atoms with Gasteiger partial charge < -0.3 is 5.73 Å². The normalized spacial score (nSPS) is 11.6. The minimum Gasteiger partial charge on any atom is -0.326 e. The number of nitrogens with two attached hydrogens (primary N) is 1. The summed E-state index contributed by atoms with van der Waals surface area (Å²) in [5.74, 6) is 0. The van der Waals surface area contributed by atoms with Crippen molar-refractivity contribution >= 4 is 11.6 Å². The Morgan fingerprint density at radius 3 is 2.16 bits per heavy atom. The maximum Gasteiger partial charge on any atom is 0.0409 e. The van der Waals surface area contributed by atoms with Crippen LogP contribution in [0, 0.1) is 0 Å². The molecule has 0 saturated heterocycles. The van der Waals surface area contributed by atoms with Crippen molar-refractivity contribution in [2.75, 3.05) is 0 Å². The predicted octanol–water partition coefficient (Wildman–Crippen LogP) is 4.76. The fourth-order valence-electron chi connectivity index (χ4n) is 2.16. The van der Waals surface area contributed by atoms with Crippen LogP contribution in [-0.4, -0.2) is 0 Å². The predicted molar refractivity (Wildman–Crippen MR) is 83.5 cm³/mol. The van der Waals surface area contributed by atoms with Crippen molar-refractivity contribution in [3.63, 3.8) is 0 Å². The van der Waals surface area contributed by atoms with Crippen LogP contribution in [0.15, 0.2) is 42.5 Å². The summed E-state index contributed by atoms with van der Waals surface area (Å²) in [6, 6.07) is 14.6. The third kappa shape index (κ3) is 3.17. The molecule has 0 atom stereocenters. The van der Waals surface area contributed by atoms with E-state index in [1.54, 1.807) is 0 Å². The highest BCUT2D eigenvalue weighted by molar-refractivity contribution is 6.30. The first-order chi connectivity index (χ1) is 8.91. The van der Waals surface area contributed by atoms with Crippen molar-refractivity contribution in [3.05, 3.63) is 58.6 Å². The van der Waals surface area contributed by atoms with Crippen LogP contribution in [0.4, 0.5) is 0 Å². The van der Waals surface area contributed by atoms with Gasteiger partial charge in [-0.2, -0.15) is 0 Å². The Bertz CT molecular complexity index is 565. The summed E-state index contributed by atoms with van der Waals surface area (Å²) in [4.78, 5) is 0. The van der Waals surface area contributed by atoms with E-state index in [4.69, 9.17) is 17.3 Å². The lowest BCUT2D eigenvalue weighted by Gasteiger charge is -2.19. The topological polar surface area (TPSA) is 26.0 Å². The van der Waals surface area contributed by atoms with E-state index in [1.165, 1.54) is 11.1 Å². The minimum atomic E-state index is 0.176. The van der Waals surface area contributed by atoms with E-state index in [0.717, 1.165) is 16.1 Å². The molecular formula is C17H20ClN. The van der Waals surface area contributed by atoms with Gasteiger partial charge in [-0.25, -0.2) is 0 Å².